The highest BCUT2D eigenvalue weighted by Gasteiger charge is 2.21. The summed E-state index contributed by atoms with van der Waals surface area (Å²) in [6.45, 7) is 0.838. The second-order valence-corrected chi connectivity index (χ2v) is 3.38. The van der Waals surface area contributed by atoms with Gasteiger partial charge < -0.3 is 4.90 Å². The lowest BCUT2D eigenvalue weighted by molar-refractivity contribution is 0.266. The molecular formula is C11H13FN. The van der Waals surface area contributed by atoms with Crippen LogP contribution in [0.3, 0.4) is 0 Å². The zero-order valence-corrected chi connectivity index (χ0v) is 7.54. The standard InChI is InChI=1S/C11H13FN/c12-11-8-4-5-9-13(11)10-6-2-1-3-7-10/h2-3,6-7,11H,4-5,8-9H2. The predicted octanol–water partition coefficient (Wildman–Crippen LogP) is 2.77. The second kappa shape index (κ2) is 3.77. The Kier molecular flexibility index (Phi) is 2.48. The summed E-state index contributed by atoms with van der Waals surface area (Å²) in [6.07, 6.45) is 1.98. The predicted molar refractivity (Wildman–Crippen MR) is 51.4 cm³/mol. The minimum atomic E-state index is -0.795. The summed E-state index contributed by atoms with van der Waals surface area (Å²) in [5.41, 5.74) is 0.978. The zero-order valence-electron chi connectivity index (χ0n) is 7.54. The van der Waals surface area contributed by atoms with Gasteiger partial charge in [0.2, 0.25) is 0 Å². The lowest BCUT2D eigenvalue weighted by atomic mass is 10.1. The maximum Gasteiger partial charge on any atom is 0.172 e. The summed E-state index contributed by atoms with van der Waals surface area (Å²) in [6, 6.07) is 10.4. The number of benzene rings is 1. The van der Waals surface area contributed by atoms with Gasteiger partial charge in [-0.15, -0.1) is 0 Å². The SMILES string of the molecule is FC1CCCCN1c1cc[c]cc1. The fourth-order valence-corrected chi connectivity index (χ4v) is 1.75. The van der Waals surface area contributed by atoms with Crippen LogP contribution < -0.4 is 4.90 Å². The maximum atomic E-state index is 13.4. The molecule has 1 aliphatic rings. The Bertz CT molecular complexity index is 260. The molecule has 1 unspecified atom stereocenters. The molecule has 1 saturated heterocycles. The molecule has 0 N–H and O–H groups in total. The van der Waals surface area contributed by atoms with Gasteiger partial charge in [-0.2, -0.15) is 0 Å². The second-order valence-electron chi connectivity index (χ2n) is 3.38. The average molecular weight is 178 g/mol. The van der Waals surface area contributed by atoms with Gasteiger partial charge in [-0.1, -0.05) is 12.1 Å². The van der Waals surface area contributed by atoms with Gasteiger partial charge in [0.15, 0.2) is 6.30 Å². The van der Waals surface area contributed by atoms with Crippen LogP contribution in [0.5, 0.6) is 0 Å². The molecule has 69 valence electrons. The van der Waals surface area contributed by atoms with E-state index in [0.29, 0.717) is 6.42 Å². The Balaban J connectivity index is 2.15. The number of nitrogens with zero attached hydrogens (tertiary/aromatic N) is 1. The first-order valence-electron chi connectivity index (χ1n) is 4.75. The van der Waals surface area contributed by atoms with E-state index in [9.17, 15) is 4.39 Å². The van der Waals surface area contributed by atoms with E-state index in [1.54, 1.807) is 0 Å². The number of hydrogen-bond donors (Lipinski definition) is 0. The minimum absolute atomic E-state index is 0.665. The number of hydrogen-bond acceptors (Lipinski definition) is 1. The van der Waals surface area contributed by atoms with Crippen molar-refractivity contribution in [2.24, 2.45) is 0 Å². The molecule has 0 amide bonds. The van der Waals surface area contributed by atoms with Gasteiger partial charge >= 0.3 is 0 Å². The molecule has 2 heteroatoms. The van der Waals surface area contributed by atoms with Crippen LogP contribution in [0, 0.1) is 6.07 Å². The zero-order chi connectivity index (χ0) is 9.10. The molecule has 2 rings (SSSR count). The summed E-state index contributed by atoms with van der Waals surface area (Å²) in [5.74, 6) is 0. The van der Waals surface area contributed by atoms with Crippen LogP contribution in [0.1, 0.15) is 19.3 Å². The van der Waals surface area contributed by atoms with Crippen LogP contribution in [-0.2, 0) is 0 Å². The van der Waals surface area contributed by atoms with Crippen molar-refractivity contribution in [3.05, 3.63) is 30.3 Å². The molecule has 1 nitrogen and oxygen atoms in total. The Morgan fingerprint density at radius 2 is 2.08 bits per heavy atom. The van der Waals surface area contributed by atoms with Gasteiger partial charge in [-0.05, 0) is 37.5 Å². The number of piperidine rings is 1. The Morgan fingerprint density at radius 1 is 1.31 bits per heavy atom. The third kappa shape index (κ3) is 1.82. The minimum Gasteiger partial charge on any atom is -0.342 e. The highest BCUT2D eigenvalue weighted by molar-refractivity contribution is 5.46. The summed E-state index contributed by atoms with van der Waals surface area (Å²) in [5, 5.41) is 0. The molecule has 1 aliphatic heterocycles. The normalized spacial score (nSPS) is 23.2. The van der Waals surface area contributed by atoms with E-state index in [-0.39, 0.29) is 0 Å². The fourth-order valence-electron chi connectivity index (χ4n) is 1.75. The molecule has 13 heavy (non-hydrogen) atoms. The summed E-state index contributed by atoms with van der Waals surface area (Å²) < 4.78 is 13.4. The first-order chi connectivity index (χ1) is 6.38. The van der Waals surface area contributed by atoms with E-state index < -0.39 is 6.30 Å². The molecule has 1 atom stereocenters. The van der Waals surface area contributed by atoms with E-state index in [1.165, 1.54) is 0 Å². The third-order valence-corrected chi connectivity index (χ3v) is 2.46. The Labute approximate surface area is 78.2 Å². The van der Waals surface area contributed by atoms with E-state index in [0.717, 1.165) is 25.1 Å². The molecule has 1 heterocycles. The van der Waals surface area contributed by atoms with Crippen molar-refractivity contribution >= 4 is 5.69 Å². The van der Waals surface area contributed by atoms with E-state index in [2.05, 4.69) is 6.07 Å². The van der Waals surface area contributed by atoms with Crippen LogP contribution in [-0.4, -0.2) is 12.8 Å². The molecule has 0 saturated carbocycles. The van der Waals surface area contributed by atoms with E-state index in [4.69, 9.17) is 0 Å². The first-order valence-corrected chi connectivity index (χ1v) is 4.75. The highest BCUT2D eigenvalue weighted by atomic mass is 19.1. The molecule has 1 fully saturated rings. The van der Waals surface area contributed by atoms with Gasteiger partial charge in [0, 0.05) is 12.2 Å². The number of anilines is 1. The van der Waals surface area contributed by atoms with E-state index in [1.807, 2.05) is 29.2 Å². The van der Waals surface area contributed by atoms with Gasteiger partial charge in [-0.25, -0.2) is 4.39 Å². The Morgan fingerprint density at radius 3 is 2.77 bits per heavy atom. The number of halogens is 1. The molecule has 0 aromatic heterocycles. The first kappa shape index (κ1) is 8.54. The van der Waals surface area contributed by atoms with Gasteiger partial charge in [0.05, 0.1) is 0 Å². The van der Waals surface area contributed by atoms with Crippen molar-refractivity contribution in [2.45, 2.75) is 25.6 Å². The van der Waals surface area contributed by atoms with Crippen molar-refractivity contribution in [3.8, 4) is 0 Å². The van der Waals surface area contributed by atoms with Crippen molar-refractivity contribution in [2.75, 3.05) is 11.4 Å². The molecule has 0 aliphatic carbocycles. The topological polar surface area (TPSA) is 3.24 Å². The molecule has 0 spiro atoms. The molecule has 1 radical (unpaired) electrons. The molecule has 0 bridgehead atoms. The average Bonchev–Trinajstić information content (AvgIpc) is 2.20. The smallest absolute Gasteiger partial charge is 0.172 e. The Hall–Kier alpha value is -1.05. The lowest BCUT2D eigenvalue weighted by Gasteiger charge is -2.32. The monoisotopic (exact) mass is 178 g/mol. The van der Waals surface area contributed by atoms with Crippen LogP contribution in [0.4, 0.5) is 10.1 Å². The fraction of sp³-hybridized carbons (Fsp3) is 0.455. The van der Waals surface area contributed by atoms with Gasteiger partial charge in [0.25, 0.3) is 0 Å². The third-order valence-electron chi connectivity index (χ3n) is 2.46. The molecule has 1 aromatic carbocycles. The summed E-state index contributed by atoms with van der Waals surface area (Å²) in [7, 11) is 0. The number of alkyl halides is 1. The van der Waals surface area contributed by atoms with Crippen LogP contribution in [0.2, 0.25) is 0 Å². The van der Waals surface area contributed by atoms with Crippen molar-refractivity contribution < 1.29 is 4.39 Å². The van der Waals surface area contributed by atoms with Crippen LogP contribution in [0.15, 0.2) is 24.3 Å². The summed E-state index contributed by atoms with van der Waals surface area (Å²) in [4.78, 5) is 1.83. The quantitative estimate of drug-likeness (QED) is 0.598. The van der Waals surface area contributed by atoms with Crippen LogP contribution in [0.25, 0.3) is 0 Å². The largest absolute Gasteiger partial charge is 0.342 e. The van der Waals surface area contributed by atoms with Crippen molar-refractivity contribution in [1.29, 1.82) is 0 Å². The van der Waals surface area contributed by atoms with Gasteiger partial charge in [0.1, 0.15) is 0 Å². The van der Waals surface area contributed by atoms with Crippen molar-refractivity contribution in [3.63, 3.8) is 0 Å². The molecular weight excluding hydrogens is 165 g/mol. The maximum absolute atomic E-state index is 13.4. The number of rotatable bonds is 1. The van der Waals surface area contributed by atoms with Crippen LogP contribution >= 0.6 is 0 Å². The highest BCUT2D eigenvalue weighted by Crippen LogP contribution is 2.24. The van der Waals surface area contributed by atoms with Gasteiger partial charge in [-0.3, -0.25) is 0 Å². The molecule has 1 aromatic rings. The summed E-state index contributed by atoms with van der Waals surface area (Å²) >= 11 is 0. The van der Waals surface area contributed by atoms with Crippen molar-refractivity contribution in [1.82, 2.24) is 0 Å². The van der Waals surface area contributed by atoms with E-state index >= 15 is 0 Å². The lowest BCUT2D eigenvalue weighted by Crippen LogP contribution is -2.36.